The zero-order chi connectivity index (χ0) is 14.9. The fourth-order valence-electron chi connectivity index (χ4n) is 4.59. The zero-order valence-electron chi connectivity index (χ0n) is 12.8. The van der Waals surface area contributed by atoms with E-state index in [0.717, 1.165) is 44.9 Å². The predicted molar refractivity (Wildman–Crippen MR) is 79.2 cm³/mol. The first-order valence-electron chi connectivity index (χ1n) is 8.53. The van der Waals surface area contributed by atoms with E-state index in [9.17, 15) is 15.2 Å². The van der Waals surface area contributed by atoms with Gasteiger partial charge in [-0.1, -0.05) is 32.1 Å². The van der Waals surface area contributed by atoms with Gasteiger partial charge in [0.1, 0.15) is 5.41 Å². The van der Waals surface area contributed by atoms with E-state index >= 15 is 0 Å². The number of nitrogens with zero attached hydrogens (tertiary/aromatic N) is 2. The van der Waals surface area contributed by atoms with Crippen LogP contribution in [0.3, 0.4) is 0 Å². The standard InChI is InChI=1S/C17H26N2O2/c18-13-16(7-3-1-4-8-16)15(20)19-11-10-17(21)9-5-2-6-14(17)12-19/h14,21H,1-12H2. The lowest BCUT2D eigenvalue weighted by Gasteiger charge is -2.48. The highest BCUT2D eigenvalue weighted by atomic mass is 16.3. The minimum absolute atomic E-state index is 0.0392. The maximum Gasteiger partial charge on any atom is 0.243 e. The van der Waals surface area contributed by atoms with Crippen LogP contribution in [0.1, 0.15) is 64.2 Å². The minimum Gasteiger partial charge on any atom is -0.389 e. The first-order chi connectivity index (χ1) is 10.1. The van der Waals surface area contributed by atoms with E-state index in [1.54, 1.807) is 0 Å². The number of likely N-dealkylation sites (tertiary alicyclic amines) is 1. The summed E-state index contributed by atoms with van der Waals surface area (Å²) in [5.74, 6) is 0.251. The van der Waals surface area contributed by atoms with Crippen molar-refractivity contribution in [1.82, 2.24) is 4.90 Å². The Morgan fingerprint density at radius 2 is 1.81 bits per heavy atom. The molecule has 0 bridgehead atoms. The van der Waals surface area contributed by atoms with Crippen LogP contribution in [0.2, 0.25) is 0 Å². The Morgan fingerprint density at radius 1 is 1.10 bits per heavy atom. The topological polar surface area (TPSA) is 64.3 Å². The summed E-state index contributed by atoms with van der Waals surface area (Å²) < 4.78 is 0. The molecular weight excluding hydrogens is 264 g/mol. The lowest BCUT2D eigenvalue weighted by molar-refractivity contribution is -0.152. The molecule has 2 saturated carbocycles. The summed E-state index contributed by atoms with van der Waals surface area (Å²) in [5.41, 5.74) is -1.33. The van der Waals surface area contributed by atoms with E-state index in [1.807, 2.05) is 4.90 Å². The Hall–Kier alpha value is -1.08. The molecule has 0 radical (unpaired) electrons. The average molecular weight is 290 g/mol. The Bertz CT molecular complexity index is 450. The van der Waals surface area contributed by atoms with Gasteiger partial charge in [0.05, 0.1) is 11.7 Å². The molecule has 2 unspecified atom stereocenters. The Balaban J connectivity index is 1.72. The third-order valence-corrected chi connectivity index (χ3v) is 6.05. The highest BCUT2D eigenvalue weighted by molar-refractivity contribution is 5.85. The van der Waals surface area contributed by atoms with Crippen molar-refractivity contribution in [3.05, 3.63) is 0 Å². The monoisotopic (exact) mass is 290 g/mol. The maximum atomic E-state index is 12.9. The summed E-state index contributed by atoms with van der Waals surface area (Å²) in [5, 5.41) is 20.3. The molecule has 4 heteroatoms. The number of nitriles is 1. The summed E-state index contributed by atoms with van der Waals surface area (Å²) in [6.45, 7) is 1.27. The van der Waals surface area contributed by atoms with E-state index in [0.29, 0.717) is 32.4 Å². The van der Waals surface area contributed by atoms with Crippen LogP contribution in [0.15, 0.2) is 0 Å². The van der Waals surface area contributed by atoms with E-state index in [-0.39, 0.29) is 11.8 Å². The molecule has 2 aliphatic carbocycles. The minimum atomic E-state index is -0.775. The third kappa shape index (κ3) is 2.57. The van der Waals surface area contributed by atoms with Gasteiger partial charge in [-0.2, -0.15) is 5.26 Å². The largest absolute Gasteiger partial charge is 0.389 e. The molecule has 2 atom stereocenters. The number of hydrogen-bond donors (Lipinski definition) is 1. The van der Waals surface area contributed by atoms with Crippen molar-refractivity contribution in [3.63, 3.8) is 0 Å². The van der Waals surface area contributed by atoms with Gasteiger partial charge in [-0.25, -0.2) is 0 Å². The summed E-state index contributed by atoms with van der Waals surface area (Å²) in [4.78, 5) is 14.8. The SMILES string of the molecule is N#CC1(C(=O)N2CCC3(O)CCCCC3C2)CCCCC1. The lowest BCUT2D eigenvalue weighted by atomic mass is 9.69. The molecule has 0 spiro atoms. The fourth-order valence-corrected chi connectivity index (χ4v) is 4.59. The number of rotatable bonds is 1. The molecule has 1 saturated heterocycles. The molecule has 0 aromatic carbocycles. The highest BCUT2D eigenvalue weighted by Gasteiger charge is 2.48. The molecule has 21 heavy (non-hydrogen) atoms. The first-order valence-corrected chi connectivity index (χ1v) is 8.53. The summed E-state index contributed by atoms with van der Waals surface area (Å²) in [7, 11) is 0. The van der Waals surface area contributed by atoms with Crippen LogP contribution >= 0.6 is 0 Å². The van der Waals surface area contributed by atoms with Gasteiger partial charge in [-0.05, 0) is 32.1 Å². The zero-order valence-corrected chi connectivity index (χ0v) is 12.8. The van der Waals surface area contributed by atoms with Crippen molar-refractivity contribution in [3.8, 4) is 6.07 Å². The first kappa shape index (κ1) is 14.8. The second-order valence-electron chi connectivity index (χ2n) is 7.30. The van der Waals surface area contributed by atoms with Gasteiger partial charge in [-0.15, -0.1) is 0 Å². The summed E-state index contributed by atoms with van der Waals surface area (Å²) in [6, 6.07) is 2.34. The van der Waals surface area contributed by atoms with Gasteiger partial charge in [0.25, 0.3) is 0 Å². The maximum absolute atomic E-state index is 12.9. The number of fused-ring (bicyclic) bond motifs is 1. The molecule has 1 aliphatic heterocycles. The van der Waals surface area contributed by atoms with Gasteiger partial charge < -0.3 is 10.0 Å². The molecule has 1 amide bonds. The van der Waals surface area contributed by atoms with Gasteiger partial charge in [-0.3, -0.25) is 4.79 Å². The number of carbonyl (C=O) groups excluding carboxylic acids is 1. The van der Waals surface area contributed by atoms with Crippen molar-refractivity contribution >= 4 is 5.91 Å². The predicted octanol–water partition coefficient (Wildman–Crippen LogP) is 2.61. The van der Waals surface area contributed by atoms with Crippen molar-refractivity contribution in [2.45, 2.75) is 69.8 Å². The normalized spacial score (nSPS) is 35.6. The van der Waals surface area contributed by atoms with Gasteiger partial charge in [0.15, 0.2) is 0 Å². The quantitative estimate of drug-likeness (QED) is 0.807. The molecule has 0 aromatic rings. The molecule has 3 rings (SSSR count). The molecule has 4 nitrogen and oxygen atoms in total. The molecule has 1 heterocycles. The summed E-state index contributed by atoms with van der Waals surface area (Å²) in [6.07, 6.45) is 9.37. The van der Waals surface area contributed by atoms with Gasteiger partial charge in [0.2, 0.25) is 5.91 Å². The molecule has 1 N–H and O–H groups in total. The molecule has 3 fully saturated rings. The van der Waals surface area contributed by atoms with Crippen molar-refractivity contribution in [2.24, 2.45) is 11.3 Å². The van der Waals surface area contributed by atoms with E-state index in [2.05, 4.69) is 6.07 Å². The second-order valence-corrected chi connectivity index (χ2v) is 7.30. The van der Waals surface area contributed by atoms with Crippen LogP contribution in [0.4, 0.5) is 0 Å². The fraction of sp³-hybridized carbons (Fsp3) is 0.882. The number of aliphatic hydroxyl groups is 1. The van der Waals surface area contributed by atoms with E-state index < -0.39 is 11.0 Å². The number of amides is 1. The van der Waals surface area contributed by atoms with Crippen LogP contribution < -0.4 is 0 Å². The molecule has 116 valence electrons. The van der Waals surface area contributed by atoms with Gasteiger partial charge in [0, 0.05) is 19.0 Å². The van der Waals surface area contributed by atoms with Crippen LogP contribution in [0, 0.1) is 22.7 Å². The number of hydrogen-bond acceptors (Lipinski definition) is 3. The van der Waals surface area contributed by atoms with Crippen molar-refractivity contribution < 1.29 is 9.90 Å². The Kier molecular flexibility index (Phi) is 3.96. The van der Waals surface area contributed by atoms with Crippen molar-refractivity contribution in [2.75, 3.05) is 13.1 Å². The Morgan fingerprint density at radius 3 is 2.52 bits per heavy atom. The van der Waals surface area contributed by atoms with Gasteiger partial charge >= 0.3 is 0 Å². The highest BCUT2D eigenvalue weighted by Crippen LogP contribution is 2.43. The Labute approximate surface area is 127 Å². The smallest absolute Gasteiger partial charge is 0.243 e. The molecular formula is C17H26N2O2. The van der Waals surface area contributed by atoms with Crippen LogP contribution in [-0.2, 0) is 4.79 Å². The average Bonchev–Trinajstić information content (AvgIpc) is 2.54. The van der Waals surface area contributed by atoms with E-state index in [1.165, 1.54) is 0 Å². The summed E-state index contributed by atoms with van der Waals surface area (Å²) >= 11 is 0. The lowest BCUT2D eigenvalue weighted by Crippen LogP contribution is -2.57. The number of carbonyl (C=O) groups is 1. The number of piperidine rings is 1. The molecule has 3 aliphatic rings. The van der Waals surface area contributed by atoms with Crippen LogP contribution in [0.25, 0.3) is 0 Å². The second kappa shape index (κ2) is 5.61. The third-order valence-electron chi connectivity index (χ3n) is 6.05. The molecule has 0 aromatic heterocycles. The van der Waals surface area contributed by atoms with Crippen molar-refractivity contribution in [1.29, 1.82) is 5.26 Å². The van der Waals surface area contributed by atoms with Crippen LogP contribution in [-0.4, -0.2) is 34.6 Å². The van der Waals surface area contributed by atoms with E-state index in [4.69, 9.17) is 0 Å². The van der Waals surface area contributed by atoms with Crippen LogP contribution in [0.5, 0.6) is 0 Å².